The fraction of sp³-hybridized carbons (Fsp3) is 0.235. The summed E-state index contributed by atoms with van der Waals surface area (Å²) in [6, 6.07) is 19.5. The van der Waals surface area contributed by atoms with Crippen LogP contribution in [0.2, 0.25) is 0 Å². The van der Waals surface area contributed by atoms with Gasteiger partial charge in [-0.05, 0) is 37.5 Å². The second kappa shape index (κ2) is 5.27. The topological polar surface area (TPSA) is 15.6 Å². The Morgan fingerprint density at radius 2 is 1.74 bits per heavy atom. The van der Waals surface area contributed by atoms with Crippen molar-refractivity contribution in [1.29, 1.82) is 0 Å². The summed E-state index contributed by atoms with van der Waals surface area (Å²) in [5.74, 6) is 0. The Bertz CT molecular complexity index is 558. The lowest BCUT2D eigenvalue weighted by Crippen LogP contribution is -2.26. The third-order valence-electron chi connectivity index (χ3n) is 3.55. The van der Waals surface area contributed by atoms with E-state index in [0.717, 1.165) is 18.5 Å². The van der Waals surface area contributed by atoms with Gasteiger partial charge in [-0.2, -0.15) is 5.10 Å². The summed E-state index contributed by atoms with van der Waals surface area (Å²) in [6.07, 6.45) is 4.17. The van der Waals surface area contributed by atoms with Crippen molar-refractivity contribution in [2.24, 2.45) is 5.10 Å². The first-order chi connectivity index (χ1) is 9.34. The van der Waals surface area contributed by atoms with Crippen molar-refractivity contribution in [1.82, 2.24) is 0 Å². The van der Waals surface area contributed by atoms with Crippen molar-refractivity contribution in [3.8, 4) is 0 Å². The molecule has 0 radical (unpaired) electrons. The zero-order valence-corrected chi connectivity index (χ0v) is 11.2. The van der Waals surface area contributed by atoms with Gasteiger partial charge in [0.1, 0.15) is 0 Å². The predicted molar refractivity (Wildman–Crippen MR) is 80.6 cm³/mol. The monoisotopic (exact) mass is 250 g/mol. The molecule has 2 aromatic rings. The molecule has 1 aliphatic rings. The summed E-state index contributed by atoms with van der Waals surface area (Å²) in [5.41, 5.74) is 3.77. The van der Waals surface area contributed by atoms with Gasteiger partial charge in [0.15, 0.2) is 0 Å². The molecule has 2 heteroatoms. The van der Waals surface area contributed by atoms with Gasteiger partial charge in [0, 0.05) is 6.21 Å². The minimum atomic E-state index is 0.342. The van der Waals surface area contributed by atoms with Gasteiger partial charge in [-0.3, -0.25) is 5.01 Å². The van der Waals surface area contributed by atoms with Gasteiger partial charge >= 0.3 is 0 Å². The smallest absolute Gasteiger partial charge is 0.0778 e. The SMILES string of the molecule is Cc1ccc(N2N=CCCC2c2ccccc2)cc1. The van der Waals surface area contributed by atoms with Crippen LogP contribution >= 0.6 is 0 Å². The second-order valence-electron chi connectivity index (χ2n) is 4.98. The van der Waals surface area contributed by atoms with E-state index in [2.05, 4.69) is 71.6 Å². The number of hydrazone groups is 1. The molecule has 1 unspecified atom stereocenters. The first-order valence-electron chi connectivity index (χ1n) is 6.78. The van der Waals surface area contributed by atoms with Crippen LogP contribution in [0.3, 0.4) is 0 Å². The molecule has 3 rings (SSSR count). The van der Waals surface area contributed by atoms with Crippen molar-refractivity contribution >= 4 is 11.9 Å². The minimum Gasteiger partial charge on any atom is -0.258 e. The van der Waals surface area contributed by atoms with Gasteiger partial charge in [0.25, 0.3) is 0 Å². The zero-order chi connectivity index (χ0) is 13.1. The van der Waals surface area contributed by atoms with Gasteiger partial charge in [-0.25, -0.2) is 0 Å². The van der Waals surface area contributed by atoms with Crippen molar-refractivity contribution in [2.75, 3.05) is 5.01 Å². The molecule has 0 aromatic heterocycles. The lowest BCUT2D eigenvalue weighted by atomic mass is 10.00. The average molecular weight is 250 g/mol. The van der Waals surface area contributed by atoms with Gasteiger partial charge in [0.05, 0.1) is 11.7 Å². The highest BCUT2D eigenvalue weighted by Crippen LogP contribution is 2.33. The number of hydrogen-bond donors (Lipinski definition) is 0. The zero-order valence-electron chi connectivity index (χ0n) is 11.2. The summed E-state index contributed by atoms with van der Waals surface area (Å²) in [7, 11) is 0. The van der Waals surface area contributed by atoms with E-state index in [-0.39, 0.29) is 0 Å². The molecular weight excluding hydrogens is 232 g/mol. The molecule has 0 saturated heterocycles. The summed E-state index contributed by atoms with van der Waals surface area (Å²) in [4.78, 5) is 0. The Labute approximate surface area is 114 Å². The second-order valence-corrected chi connectivity index (χ2v) is 4.98. The van der Waals surface area contributed by atoms with Crippen LogP contribution in [0.25, 0.3) is 0 Å². The van der Waals surface area contributed by atoms with Crippen LogP contribution in [0.4, 0.5) is 5.69 Å². The summed E-state index contributed by atoms with van der Waals surface area (Å²) < 4.78 is 0. The van der Waals surface area contributed by atoms with Crippen molar-refractivity contribution in [2.45, 2.75) is 25.8 Å². The molecule has 96 valence electrons. The summed E-state index contributed by atoms with van der Waals surface area (Å²) in [5, 5.41) is 6.73. The molecular formula is C17H18N2. The summed E-state index contributed by atoms with van der Waals surface area (Å²) in [6.45, 7) is 2.11. The van der Waals surface area contributed by atoms with E-state index in [0.29, 0.717) is 6.04 Å². The normalized spacial score (nSPS) is 18.6. The predicted octanol–water partition coefficient (Wildman–Crippen LogP) is 4.32. The van der Waals surface area contributed by atoms with E-state index in [1.807, 2.05) is 6.21 Å². The molecule has 0 amide bonds. The average Bonchev–Trinajstić information content (AvgIpc) is 2.49. The van der Waals surface area contributed by atoms with E-state index in [9.17, 15) is 0 Å². The Morgan fingerprint density at radius 3 is 2.47 bits per heavy atom. The molecule has 0 bridgehead atoms. The molecule has 2 aromatic carbocycles. The van der Waals surface area contributed by atoms with Gasteiger partial charge in [-0.1, -0.05) is 48.0 Å². The third-order valence-corrected chi connectivity index (χ3v) is 3.55. The Morgan fingerprint density at radius 1 is 1.00 bits per heavy atom. The fourth-order valence-corrected chi connectivity index (χ4v) is 2.51. The van der Waals surface area contributed by atoms with Crippen molar-refractivity contribution < 1.29 is 0 Å². The maximum absolute atomic E-state index is 4.60. The van der Waals surface area contributed by atoms with E-state index >= 15 is 0 Å². The molecule has 0 saturated carbocycles. The van der Waals surface area contributed by atoms with Crippen LogP contribution in [0, 0.1) is 6.92 Å². The lowest BCUT2D eigenvalue weighted by Gasteiger charge is -2.32. The highest BCUT2D eigenvalue weighted by Gasteiger charge is 2.22. The quantitative estimate of drug-likeness (QED) is 0.775. The highest BCUT2D eigenvalue weighted by atomic mass is 15.5. The van der Waals surface area contributed by atoms with Gasteiger partial charge in [-0.15, -0.1) is 0 Å². The van der Waals surface area contributed by atoms with Gasteiger partial charge in [0.2, 0.25) is 0 Å². The third kappa shape index (κ3) is 2.53. The van der Waals surface area contributed by atoms with E-state index in [4.69, 9.17) is 0 Å². The van der Waals surface area contributed by atoms with Gasteiger partial charge < -0.3 is 0 Å². The van der Waals surface area contributed by atoms with Crippen LogP contribution in [0.5, 0.6) is 0 Å². The first kappa shape index (κ1) is 12.0. The van der Waals surface area contributed by atoms with Crippen LogP contribution < -0.4 is 5.01 Å². The van der Waals surface area contributed by atoms with E-state index in [1.54, 1.807) is 0 Å². The van der Waals surface area contributed by atoms with Crippen LogP contribution in [0.15, 0.2) is 59.7 Å². The molecule has 19 heavy (non-hydrogen) atoms. The standard InChI is InChI=1S/C17H18N2/c1-14-9-11-16(12-10-14)19-17(8-5-13-18-19)15-6-3-2-4-7-15/h2-4,6-7,9-13,17H,5,8H2,1H3. The largest absolute Gasteiger partial charge is 0.258 e. The summed E-state index contributed by atoms with van der Waals surface area (Å²) >= 11 is 0. The number of rotatable bonds is 2. The maximum Gasteiger partial charge on any atom is 0.0778 e. The molecule has 1 heterocycles. The van der Waals surface area contributed by atoms with Crippen LogP contribution in [-0.2, 0) is 0 Å². The van der Waals surface area contributed by atoms with Crippen molar-refractivity contribution in [3.63, 3.8) is 0 Å². The van der Waals surface area contributed by atoms with Crippen LogP contribution in [-0.4, -0.2) is 6.21 Å². The number of aryl methyl sites for hydroxylation is 1. The Hall–Kier alpha value is -2.09. The maximum atomic E-state index is 4.60. The molecule has 0 fully saturated rings. The first-order valence-corrected chi connectivity index (χ1v) is 6.78. The molecule has 0 spiro atoms. The molecule has 1 aliphatic heterocycles. The van der Waals surface area contributed by atoms with Crippen LogP contribution in [0.1, 0.15) is 30.0 Å². The lowest BCUT2D eigenvalue weighted by molar-refractivity contribution is 0.584. The number of benzene rings is 2. The van der Waals surface area contributed by atoms with Crippen molar-refractivity contribution in [3.05, 3.63) is 65.7 Å². The molecule has 1 atom stereocenters. The molecule has 0 aliphatic carbocycles. The number of anilines is 1. The van der Waals surface area contributed by atoms with E-state index < -0.39 is 0 Å². The Kier molecular flexibility index (Phi) is 3.32. The minimum absolute atomic E-state index is 0.342. The highest BCUT2D eigenvalue weighted by molar-refractivity contribution is 5.63. The number of hydrogen-bond acceptors (Lipinski definition) is 2. The number of nitrogens with zero attached hydrogens (tertiary/aromatic N) is 2. The Balaban J connectivity index is 1.95. The fourth-order valence-electron chi connectivity index (χ4n) is 2.51. The molecule has 0 N–H and O–H groups in total. The van der Waals surface area contributed by atoms with E-state index in [1.165, 1.54) is 11.1 Å². The molecule has 2 nitrogen and oxygen atoms in total.